The number of hydrogen-bond acceptors (Lipinski definition) is 5. The molecule has 0 aromatic carbocycles. The summed E-state index contributed by atoms with van der Waals surface area (Å²) < 4.78 is 0. The maximum atomic E-state index is 12.1. The van der Waals surface area contributed by atoms with Gasteiger partial charge in [-0.1, -0.05) is 6.07 Å². The van der Waals surface area contributed by atoms with E-state index in [9.17, 15) is 4.79 Å². The fourth-order valence-corrected chi connectivity index (χ4v) is 4.07. The molecule has 2 aromatic heterocycles. The van der Waals surface area contributed by atoms with E-state index in [4.69, 9.17) is 0 Å². The van der Waals surface area contributed by atoms with Crippen LogP contribution >= 0.6 is 0 Å². The highest BCUT2D eigenvalue weighted by molar-refractivity contribution is 5.91. The van der Waals surface area contributed by atoms with Gasteiger partial charge in [0, 0.05) is 37.6 Å². The van der Waals surface area contributed by atoms with Gasteiger partial charge in [0.1, 0.15) is 5.82 Å². The summed E-state index contributed by atoms with van der Waals surface area (Å²) in [4.78, 5) is 25.6. The average Bonchev–Trinajstić information content (AvgIpc) is 2.89. The number of nitrogens with one attached hydrogen (secondary N) is 1. The lowest BCUT2D eigenvalue weighted by Crippen LogP contribution is -2.36. The number of rotatable bonds is 4. The molecule has 0 aliphatic carbocycles. The number of hydrogen-bond donors (Lipinski definition) is 1. The number of anilines is 2. The zero-order valence-electron chi connectivity index (χ0n) is 15.1. The van der Waals surface area contributed by atoms with Crippen LogP contribution in [0.15, 0.2) is 42.9 Å². The number of likely N-dealkylation sites (N-methyl/N-ethyl adjacent to an activating group) is 1. The molecule has 0 spiro atoms. The SMILES string of the molecule is CN1C2CCC1CN(c1ccc(NC(=O)Cc3cccnc3)nc1)CC2. The molecule has 136 valence electrons. The quantitative estimate of drug-likeness (QED) is 0.916. The fraction of sp³-hybridized carbons (Fsp3) is 0.450. The van der Waals surface area contributed by atoms with Crippen molar-refractivity contribution in [2.75, 3.05) is 30.4 Å². The molecule has 0 saturated carbocycles. The number of aromatic nitrogens is 2. The molecular formula is C20H25N5O. The Bertz CT molecular complexity index is 749. The van der Waals surface area contributed by atoms with Crippen molar-refractivity contribution < 1.29 is 4.79 Å². The molecule has 2 aromatic rings. The van der Waals surface area contributed by atoms with E-state index < -0.39 is 0 Å². The Balaban J connectivity index is 1.37. The first kappa shape index (κ1) is 17.0. The maximum Gasteiger partial charge on any atom is 0.230 e. The van der Waals surface area contributed by atoms with Gasteiger partial charge in [-0.2, -0.15) is 0 Å². The first-order chi connectivity index (χ1) is 12.7. The van der Waals surface area contributed by atoms with Crippen LogP contribution in [0.4, 0.5) is 11.5 Å². The van der Waals surface area contributed by atoms with Gasteiger partial charge >= 0.3 is 0 Å². The first-order valence-electron chi connectivity index (χ1n) is 9.31. The van der Waals surface area contributed by atoms with Crippen molar-refractivity contribution in [1.29, 1.82) is 0 Å². The predicted octanol–water partition coefficient (Wildman–Crippen LogP) is 2.33. The van der Waals surface area contributed by atoms with Crippen LogP contribution in [0.25, 0.3) is 0 Å². The van der Waals surface area contributed by atoms with Crippen molar-refractivity contribution in [2.24, 2.45) is 0 Å². The van der Waals surface area contributed by atoms with Crippen molar-refractivity contribution in [3.05, 3.63) is 48.4 Å². The van der Waals surface area contributed by atoms with Gasteiger partial charge in [-0.3, -0.25) is 14.7 Å². The van der Waals surface area contributed by atoms with Crippen molar-refractivity contribution in [3.8, 4) is 0 Å². The zero-order valence-corrected chi connectivity index (χ0v) is 15.1. The second kappa shape index (κ2) is 7.41. The van der Waals surface area contributed by atoms with Gasteiger partial charge in [0.25, 0.3) is 0 Å². The van der Waals surface area contributed by atoms with Crippen LogP contribution < -0.4 is 10.2 Å². The summed E-state index contributed by atoms with van der Waals surface area (Å²) in [6, 6.07) is 9.05. The number of fused-ring (bicyclic) bond motifs is 2. The molecular weight excluding hydrogens is 326 g/mol. The molecule has 26 heavy (non-hydrogen) atoms. The summed E-state index contributed by atoms with van der Waals surface area (Å²) in [5.41, 5.74) is 2.03. The van der Waals surface area contributed by atoms with Crippen molar-refractivity contribution in [3.63, 3.8) is 0 Å². The molecule has 2 fully saturated rings. The van der Waals surface area contributed by atoms with Gasteiger partial charge < -0.3 is 10.2 Å². The number of amides is 1. The average molecular weight is 351 g/mol. The fourth-order valence-electron chi connectivity index (χ4n) is 4.07. The summed E-state index contributed by atoms with van der Waals surface area (Å²) >= 11 is 0. The molecule has 6 nitrogen and oxygen atoms in total. The Kier molecular flexibility index (Phi) is 4.84. The molecule has 4 rings (SSSR count). The molecule has 6 heteroatoms. The first-order valence-corrected chi connectivity index (χ1v) is 9.31. The Morgan fingerprint density at radius 2 is 2.08 bits per heavy atom. The van der Waals surface area contributed by atoms with E-state index >= 15 is 0 Å². The summed E-state index contributed by atoms with van der Waals surface area (Å²) in [6.07, 6.45) is 9.41. The molecule has 1 amide bonds. The lowest BCUT2D eigenvalue weighted by Gasteiger charge is -2.27. The van der Waals surface area contributed by atoms with Crippen molar-refractivity contribution in [1.82, 2.24) is 14.9 Å². The second-order valence-corrected chi connectivity index (χ2v) is 7.27. The van der Waals surface area contributed by atoms with E-state index in [2.05, 4.69) is 38.2 Å². The third-order valence-corrected chi connectivity index (χ3v) is 5.62. The minimum absolute atomic E-state index is 0.0769. The van der Waals surface area contributed by atoms with Crippen LogP contribution in [0.2, 0.25) is 0 Å². The largest absolute Gasteiger partial charge is 0.369 e. The second-order valence-electron chi connectivity index (χ2n) is 7.27. The van der Waals surface area contributed by atoms with Gasteiger partial charge in [-0.05, 0) is 50.1 Å². The molecule has 2 aliphatic rings. The Morgan fingerprint density at radius 3 is 2.85 bits per heavy atom. The lowest BCUT2D eigenvalue weighted by atomic mass is 10.1. The van der Waals surface area contributed by atoms with Gasteiger partial charge in [-0.15, -0.1) is 0 Å². The van der Waals surface area contributed by atoms with Gasteiger partial charge in [0.15, 0.2) is 0 Å². The Labute approximate surface area is 154 Å². The third-order valence-electron chi connectivity index (χ3n) is 5.62. The summed E-state index contributed by atoms with van der Waals surface area (Å²) in [7, 11) is 2.25. The minimum atomic E-state index is -0.0769. The van der Waals surface area contributed by atoms with E-state index in [1.54, 1.807) is 12.4 Å². The summed E-state index contributed by atoms with van der Waals surface area (Å²) in [6.45, 7) is 2.13. The van der Waals surface area contributed by atoms with Gasteiger partial charge in [0.05, 0.1) is 18.3 Å². The highest BCUT2D eigenvalue weighted by Crippen LogP contribution is 2.30. The van der Waals surface area contributed by atoms with Crippen LogP contribution in [0.5, 0.6) is 0 Å². The molecule has 4 heterocycles. The molecule has 2 aliphatic heterocycles. The number of carbonyl (C=O) groups is 1. The monoisotopic (exact) mass is 351 g/mol. The standard InChI is InChI=1S/C20H25N5O/c1-24-16-4-5-18(24)14-25(10-8-16)17-6-7-19(22-13-17)23-20(26)11-15-3-2-9-21-12-15/h2-3,6-7,9,12-13,16,18H,4-5,8,10-11,14H2,1H3,(H,22,23,26). The van der Waals surface area contributed by atoms with Crippen molar-refractivity contribution >= 4 is 17.4 Å². The van der Waals surface area contributed by atoms with E-state index in [1.807, 2.05) is 24.4 Å². The summed E-state index contributed by atoms with van der Waals surface area (Å²) in [5, 5.41) is 2.86. The Morgan fingerprint density at radius 1 is 1.19 bits per heavy atom. The minimum Gasteiger partial charge on any atom is -0.369 e. The molecule has 2 unspecified atom stereocenters. The highest BCUT2D eigenvalue weighted by Gasteiger charge is 2.34. The molecule has 1 N–H and O–H groups in total. The van der Waals surface area contributed by atoms with E-state index in [0.717, 1.165) is 30.4 Å². The maximum absolute atomic E-state index is 12.1. The number of carbonyl (C=O) groups excluding carboxylic acids is 1. The zero-order chi connectivity index (χ0) is 17.9. The van der Waals surface area contributed by atoms with Gasteiger partial charge in [-0.25, -0.2) is 4.98 Å². The topological polar surface area (TPSA) is 61.4 Å². The number of pyridine rings is 2. The van der Waals surface area contributed by atoms with Crippen LogP contribution in [-0.4, -0.2) is 53.0 Å². The van der Waals surface area contributed by atoms with Crippen LogP contribution in [0, 0.1) is 0 Å². The molecule has 2 atom stereocenters. The van der Waals surface area contributed by atoms with E-state index in [-0.39, 0.29) is 5.91 Å². The van der Waals surface area contributed by atoms with Crippen LogP contribution in [-0.2, 0) is 11.2 Å². The van der Waals surface area contributed by atoms with Gasteiger partial charge in [0.2, 0.25) is 5.91 Å². The normalized spacial score (nSPS) is 22.9. The number of nitrogens with zero attached hydrogens (tertiary/aromatic N) is 4. The molecule has 0 radical (unpaired) electrons. The predicted molar refractivity (Wildman–Crippen MR) is 102 cm³/mol. The smallest absolute Gasteiger partial charge is 0.230 e. The molecule has 2 saturated heterocycles. The van der Waals surface area contributed by atoms with Crippen LogP contribution in [0.3, 0.4) is 0 Å². The lowest BCUT2D eigenvalue weighted by molar-refractivity contribution is -0.115. The van der Waals surface area contributed by atoms with E-state index in [0.29, 0.717) is 18.3 Å². The Hall–Kier alpha value is -2.47. The summed E-state index contributed by atoms with van der Waals surface area (Å²) in [5.74, 6) is 0.517. The van der Waals surface area contributed by atoms with E-state index in [1.165, 1.54) is 19.3 Å². The molecule has 2 bridgehead atoms. The highest BCUT2D eigenvalue weighted by atomic mass is 16.1. The van der Waals surface area contributed by atoms with Crippen LogP contribution in [0.1, 0.15) is 24.8 Å². The third kappa shape index (κ3) is 3.70. The van der Waals surface area contributed by atoms with Crippen molar-refractivity contribution in [2.45, 2.75) is 37.8 Å².